The van der Waals surface area contributed by atoms with Crippen LogP contribution in [0.2, 0.25) is 0 Å². The molecule has 0 N–H and O–H groups in total. The van der Waals surface area contributed by atoms with Crippen molar-refractivity contribution in [3.05, 3.63) is 83.6 Å². The average Bonchev–Trinajstić information content (AvgIpc) is 3.35. The molecule has 1 saturated heterocycles. The lowest BCUT2D eigenvalue weighted by molar-refractivity contribution is 0.0574. The summed E-state index contributed by atoms with van der Waals surface area (Å²) in [6.45, 7) is 4.94. The van der Waals surface area contributed by atoms with E-state index in [1.54, 1.807) is 19.4 Å². The number of piperidine rings is 1. The predicted molar refractivity (Wildman–Crippen MR) is 133 cm³/mol. The van der Waals surface area contributed by atoms with E-state index in [1.807, 2.05) is 36.2 Å². The Balaban J connectivity index is 1.47. The third-order valence-corrected chi connectivity index (χ3v) is 6.90. The topological polar surface area (TPSA) is 58.8 Å². The van der Waals surface area contributed by atoms with Gasteiger partial charge in [0.2, 0.25) is 0 Å². The van der Waals surface area contributed by atoms with E-state index < -0.39 is 0 Å². The van der Waals surface area contributed by atoms with Crippen LogP contribution in [0.3, 0.4) is 0 Å². The molecule has 1 atom stereocenters. The molecule has 1 fully saturated rings. The SMILES string of the molecule is CCc1ccc(CN2CCC(C(Cc3cccc(OC)c3)N(C)C(=O)c3ccccn3)CC2)o1. The van der Waals surface area contributed by atoms with Gasteiger partial charge in [0.15, 0.2) is 0 Å². The maximum absolute atomic E-state index is 13.3. The number of carbonyl (C=O) groups is 1. The monoisotopic (exact) mass is 461 g/mol. The number of likely N-dealkylation sites (tertiary alicyclic amines) is 1. The molecule has 2 aromatic heterocycles. The van der Waals surface area contributed by atoms with Crippen LogP contribution in [0.15, 0.2) is 65.2 Å². The Labute approximate surface area is 202 Å². The Kier molecular flexibility index (Phi) is 8.01. The fraction of sp³-hybridized carbons (Fsp3) is 0.429. The molecular weight excluding hydrogens is 426 g/mol. The largest absolute Gasteiger partial charge is 0.497 e. The van der Waals surface area contributed by atoms with Gasteiger partial charge in [-0.3, -0.25) is 14.7 Å². The summed E-state index contributed by atoms with van der Waals surface area (Å²) in [6.07, 6.45) is 5.46. The minimum Gasteiger partial charge on any atom is -0.497 e. The van der Waals surface area contributed by atoms with Gasteiger partial charge in [-0.15, -0.1) is 0 Å². The second-order valence-corrected chi connectivity index (χ2v) is 9.09. The van der Waals surface area contributed by atoms with E-state index in [9.17, 15) is 4.79 Å². The summed E-state index contributed by atoms with van der Waals surface area (Å²) < 4.78 is 11.3. The van der Waals surface area contributed by atoms with E-state index >= 15 is 0 Å². The van der Waals surface area contributed by atoms with Crippen molar-refractivity contribution in [1.29, 1.82) is 0 Å². The number of carbonyl (C=O) groups excluding carboxylic acids is 1. The molecule has 180 valence electrons. The van der Waals surface area contributed by atoms with Crippen LogP contribution in [-0.4, -0.2) is 54.0 Å². The summed E-state index contributed by atoms with van der Waals surface area (Å²) in [6, 6.07) is 17.9. The third kappa shape index (κ3) is 5.86. The van der Waals surface area contributed by atoms with Gasteiger partial charge >= 0.3 is 0 Å². The summed E-state index contributed by atoms with van der Waals surface area (Å²) in [4.78, 5) is 22.0. The average molecular weight is 462 g/mol. The lowest BCUT2D eigenvalue weighted by Crippen LogP contribution is -2.47. The molecule has 6 nitrogen and oxygen atoms in total. The van der Waals surface area contributed by atoms with Gasteiger partial charge in [0.25, 0.3) is 5.91 Å². The molecule has 1 aromatic carbocycles. The molecule has 0 radical (unpaired) electrons. The van der Waals surface area contributed by atoms with Crippen LogP contribution in [0.4, 0.5) is 0 Å². The van der Waals surface area contributed by atoms with Crippen LogP contribution in [0.25, 0.3) is 0 Å². The first-order valence-corrected chi connectivity index (χ1v) is 12.2. The maximum Gasteiger partial charge on any atom is 0.272 e. The molecule has 4 rings (SSSR count). The molecule has 0 spiro atoms. The lowest BCUT2D eigenvalue weighted by atomic mass is 9.84. The quantitative estimate of drug-likeness (QED) is 0.456. The van der Waals surface area contributed by atoms with Gasteiger partial charge in [0, 0.05) is 25.7 Å². The standard InChI is InChI=1S/C28H35N3O3/c1-4-23-11-12-25(34-23)20-31-16-13-22(14-17-31)27(19-21-8-7-9-24(18-21)33-3)30(2)28(32)26-10-5-6-15-29-26/h5-12,15,18,22,27H,4,13-14,16-17,19-20H2,1-3H3. The van der Waals surface area contributed by atoms with Gasteiger partial charge in [-0.2, -0.15) is 0 Å². The number of methoxy groups -OCH3 is 1. The van der Waals surface area contributed by atoms with Crippen LogP contribution in [0.5, 0.6) is 5.75 Å². The van der Waals surface area contributed by atoms with Gasteiger partial charge in [-0.1, -0.05) is 25.1 Å². The van der Waals surface area contributed by atoms with Crippen LogP contribution in [0, 0.1) is 5.92 Å². The Morgan fingerprint density at radius 2 is 1.94 bits per heavy atom. The summed E-state index contributed by atoms with van der Waals surface area (Å²) in [5, 5.41) is 0. The van der Waals surface area contributed by atoms with E-state index in [1.165, 1.54) is 5.56 Å². The third-order valence-electron chi connectivity index (χ3n) is 6.90. The zero-order chi connectivity index (χ0) is 23.9. The molecule has 1 aliphatic heterocycles. The molecular formula is C28H35N3O3. The van der Waals surface area contributed by atoms with E-state index in [0.717, 1.165) is 62.6 Å². The summed E-state index contributed by atoms with van der Waals surface area (Å²) in [5.41, 5.74) is 1.66. The van der Waals surface area contributed by atoms with E-state index in [0.29, 0.717) is 11.6 Å². The van der Waals surface area contributed by atoms with Gasteiger partial charge in [0.05, 0.1) is 13.7 Å². The molecule has 1 amide bonds. The lowest BCUT2D eigenvalue weighted by Gasteiger charge is -2.40. The van der Waals surface area contributed by atoms with Crippen LogP contribution < -0.4 is 4.74 Å². The van der Waals surface area contributed by atoms with Crippen molar-refractivity contribution in [2.24, 2.45) is 5.92 Å². The van der Waals surface area contributed by atoms with Crippen molar-refractivity contribution in [2.75, 3.05) is 27.2 Å². The van der Waals surface area contributed by atoms with Crippen molar-refractivity contribution in [2.45, 2.75) is 45.2 Å². The maximum atomic E-state index is 13.3. The number of ether oxygens (including phenoxy) is 1. The van der Waals surface area contributed by atoms with E-state index in [2.05, 4.69) is 41.1 Å². The van der Waals surface area contributed by atoms with Crippen molar-refractivity contribution in [3.63, 3.8) is 0 Å². The Hall–Kier alpha value is -3.12. The Morgan fingerprint density at radius 3 is 2.62 bits per heavy atom. The fourth-order valence-corrected chi connectivity index (χ4v) is 4.89. The smallest absolute Gasteiger partial charge is 0.272 e. The number of hydrogen-bond acceptors (Lipinski definition) is 5. The number of furan rings is 1. The minimum atomic E-state index is -0.0291. The molecule has 1 aliphatic rings. The number of rotatable bonds is 9. The second kappa shape index (κ2) is 11.3. The first-order chi connectivity index (χ1) is 16.6. The fourth-order valence-electron chi connectivity index (χ4n) is 4.89. The first kappa shape index (κ1) is 24.0. The molecule has 3 heterocycles. The molecule has 34 heavy (non-hydrogen) atoms. The van der Waals surface area contributed by atoms with Crippen LogP contribution >= 0.6 is 0 Å². The number of pyridine rings is 1. The highest BCUT2D eigenvalue weighted by atomic mass is 16.5. The van der Waals surface area contributed by atoms with Gasteiger partial charge in [-0.05, 0) is 80.2 Å². The van der Waals surface area contributed by atoms with E-state index in [4.69, 9.17) is 9.15 Å². The van der Waals surface area contributed by atoms with Crippen LogP contribution in [-0.2, 0) is 19.4 Å². The highest BCUT2D eigenvalue weighted by Gasteiger charge is 2.32. The number of benzene rings is 1. The zero-order valence-corrected chi connectivity index (χ0v) is 20.4. The van der Waals surface area contributed by atoms with Crippen molar-refractivity contribution >= 4 is 5.91 Å². The number of hydrogen-bond donors (Lipinski definition) is 0. The molecule has 0 saturated carbocycles. The predicted octanol–water partition coefficient (Wildman–Crippen LogP) is 4.84. The molecule has 3 aromatic rings. The van der Waals surface area contributed by atoms with Gasteiger partial charge in [-0.25, -0.2) is 0 Å². The number of nitrogens with zero attached hydrogens (tertiary/aromatic N) is 3. The normalized spacial score (nSPS) is 15.7. The van der Waals surface area contributed by atoms with Gasteiger partial charge < -0.3 is 14.1 Å². The summed E-state index contributed by atoms with van der Waals surface area (Å²) >= 11 is 0. The molecule has 0 bridgehead atoms. The van der Waals surface area contributed by atoms with Crippen LogP contribution in [0.1, 0.15) is 47.3 Å². The highest BCUT2D eigenvalue weighted by Crippen LogP contribution is 2.29. The molecule has 1 unspecified atom stereocenters. The minimum absolute atomic E-state index is 0.0291. The summed E-state index contributed by atoms with van der Waals surface area (Å²) in [5.74, 6) is 3.29. The summed E-state index contributed by atoms with van der Waals surface area (Å²) in [7, 11) is 3.61. The highest BCUT2D eigenvalue weighted by molar-refractivity contribution is 5.92. The Morgan fingerprint density at radius 1 is 1.15 bits per heavy atom. The van der Waals surface area contributed by atoms with Crippen molar-refractivity contribution in [3.8, 4) is 5.75 Å². The van der Waals surface area contributed by atoms with E-state index in [-0.39, 0.29) is 11.9 Å². The van der Waals surface area contributed by atoms with Crippen molar-refractivity contribution in [1.82, 2.24) is 14.8 Å². The number of amides is 1. The van der Waals surface area contributed by atoms with Crippen molar-refractivity contribution < 1.29 is 13.9 Å². The second-order valence-electron chi connectivity index (χ2n) is 9.09. The molecule has 0 aliphatic carbocycles. The zero-order valence-electron chi connectivity index (χ0n) is 20.4. The van der Waals surface area contributed by atoms with Gasteiger partial charge in [0.1, 0.15) is 23.0 Å². The number of likely N-dealkylation sites (N-methyl/N-ethyl adjacent to an activating group) is 1. The number of aromatic nitrogens is 1. The number of aryl methyl sites for hydroxylation is 1. The first-order valence-electron chi connectivity index (χ1n) is 12.2. The molecule has 6 heteroatoms. The Bertz CT molecular complexity index is 1060.